The van der Waals surface area contributed by atoms with Gasteiger partial charge in [-0.25, -0.2) is 0 Å². The third kappa shape index (κ3) is 3.87. The minimum Gasteiger partial charge on any atom is -0.396 e. The van der Waals surface area contributed by atoms with Crippen LogP contribution in [0.5, 0.6) is 0 Å². The molecule has 3 atom stereocenters. The first kappa shape index (κ1) is 20.3. The summed E-state index contributed by atoms with van der Waals surface area (Å²) in [5.41, 5.74) is 1.05. The van der Waals surface area contributed by atoms with Gasteiger partial charge in [-0.15, -0.1) is 0 Å². The average molecular weight is 389 g/mol. The maximum atomic E-state index is 13.1. The van der Waals surface area contributed by atoms with Crippen molar-refractivity contribution in [1.82, 2.24) is 15.5 Å². The zero-order valence-corrected chi connectivity index (χ0v) is 16.1. The molecule has 0 aromatic rings. The van der Waals surface area contributed by atoms with Gasteiger partial charge < -0.3 is 10.4 Å². The fraction of sp³-hybridized carbons (Fsp3) is 0.600. The number of piperidine rings is 1. The zero-order chi connectivity index (χ0) is 20.3. The summed E-state index contributed by atoms with van der Waals surface area (Å²) < 4.78 is 0. The molecule has 0 radical (unpaired) electrons. The fourth-order valence-corrected chi connectivity index (χ4v) is 4.05. The Morgan fingerprint density at radius 1 is 1.18 bits per heavy atom. The number of rotatable bonds is 8. The summed E-state index contributed by atoms with van der Waals surface area (Å²) in [7, 11) is 0. The number of nitrogens with one attached hydrogen (secondary N) is 2. The minimum absolute atomic E-state index is 0.115. The van der Waals surface area contributed by atoms with Crippen LogP contribution in [0.4, 0.5) is 0 Å². The summed E-state index contributed by atoms with van der Waals surface area (Å²) in [4.78, 5) is 50.7. The van der Waals surface area contributed by atoms with Gasteiger partial charge in [-0.3, -0.25) is 29.4 Å². The Hall–Kier alpha value is -2.48. The standard InChI is InChI=1S/C20H27N3O5/c1-12-6-7-13(21-10-4-2-3-5-11-24)17-16(12)19(27)23(20(17)28)14-8-9-15(25)22-18(14)26/h6-7,12,14,16,21,24H,2-5,8-11H2,1H3,(H,22,25,26). The number of nitrogens with zero attached hydrogens (tertiary/aromatic N) is 1. The average Bonchev–Trinajstić information content (AvgIpc) is 2.92. The number of aliphatic hydroxyl groups excluding tert-OH is 1. The van der Waals surface area contributed by atoms with Crippen molar-refractivity contribution in [3.8, 4) is 0 Å². The van der Waals surface area contributed by atoms with Crippen LogP contribution < -0.4 is 10.6 Å². The number of carbonyl (C=O) groups is 4. The van der Waals surface area contributed by atoms with E-state index in [2.05, 4.69) is 10.6 Å². The van der Waals surface area contributed by atoms with Gasteiger partial charge in [-0.05, 0) is 31.3 Å². The number of likely N-dealkylation sites (tertiary alicyclic amines) is 1. The van der Waals surface area contributed by atoms with Crippen molar-refractivity contribution < 1.29 is 24.3 Å². The van der Waals surface area contributed by atoms with Gasteiger partial charge in [0.1, 0.15) is 6.04 Å². The molecule has 1 aliphatic carbocycles. The molecule has 8 nitrogen and oxygen atoms in total. The molecule has 3 N–H and O–H groups in total. The first-order valence-electron chi connectivity index (χ1n) is 9.94. The Morgan fingerprint density at radius 2 is 1.93 bits per heavy atom. The van der Waals surface area contributed by atoms with Crippen LogP contribution in [-0.4, -0.2) is 52.8 Å². The summed E-state index contributed by atoms with van der Waals surface area (Å²) in [5, 5.41) is 14.3. The Balaban J connectivity index is 1.75. The Labute approximate surface area is 164 Å². The number of fused-ring (bicyclic) bond motifs is 1. The monoisotopic (exact) mass is 389 g/mol. The second-order valence-electron chi connectivity index (χ2n) is 7.57. The summed E-state index contributed by atoms with van der Waals surface area (Å²) >= 11 is 0. The molecule has 8 heteroatoms. The van der Waals surface area contributed by atoms with Crippen molar-refractivity contribution in [2.45, 2.75) is 51.5 Å². The van der Waals surface area contributed by atoms with Gasteiger partial charge in [0.25, 0.3) is 5.91 Å². The van der Waals surface area contributed by atoms with Crippen molar-refractivity contribution >= 4 is 23.6 Å². The first-order chi connectivity index (χ1) is 13.5. The Kier molecular flexibility index (Phi) is 6.28. The Morgan fingerprint density at radius 3 is 2.64 bits per heavy atom. The van der Waals surface area contributed by atoms with Gasteiger partial charge >= 0.3 is 0 Å². The number of unbranched alkanes of at least 4 members (excludes halogenated alkanes) is 3. The molecular weight excluding hydrogens is 362 g/mol. The lowest BCUT2D eigenvalue weighted by atomic mass is 9.83. The van der Waals surface area contributed by atoms with Crippen molar-refractivity contribution in [3.63, 3.8) is 0 Å². The van der Waals surface area contributed by atoms with E-state index in [1.54, 1.807) is 0 Å². The van der Waals surface area contributed by atoms with Crippen LogP contribution in [0.3, 0.4) is 0 Å². The molecule has 152 valence electrons. The molecule has 2 saturated heterocycles. The molecule has 28 heavy (non-hydrogen) atoms. The number of amides is 4. The number of hydrogen-bond donors (Lipinski definition) is 3. The van der Waals surface area contributed by atoms with Crippen LogP contribution in [0.1, 0.15) is 45.4 Å². The second-order valence-corrected chi connectivity index (χ2v) is 7.57. The molecule has 0 saturated carbocycles. The highest BCUT2D eigenvalue weighted by Gasteiger charge is 2.52. The van der Waals surface area contributed by atoms with Crippen LogP contribution in [0.25, 0.3) is 0 Å². The van der Waals surface area contributed by atoms with Gasteiger partial charge in [0.05, 0.1) is 11.5 Å². The highest BCUT2D eigenvalue weighted by atomic mass is 16.3. The van der Waals surface area contributed by atoms with E-state index < -0.39 is 23.8 Å². The van der Waals surface area contributed by atoms with Crippen LogP contribution in [0.15, 0.2) is 23.4 Å². The quantitative estimate of drug-likeness (QED) is 0.408. The van der Waals surface area contributed by atoms with Crippen molar-refractivity contribution in [1.29, 1.82) is 0 Å². The molecule has 4 amide bonds. The molecule has 0 aromatic carbocycles. The predicted octanol–water partition coefficient (Wildman–Crippen LogP) is 0.379. The van der Waals surface area contributed by atoms with Gasteiger partial charge in [-0.2, -0.15) is 0 Å². The normalized spacial score (nSPS) is 27.4. The highest BCUT2D eigenvalue weighted by molar-refractivity contribution is 6.18. The van der Waals surface area contributed by atoms with E-state index in [1.165, 1.54) is 0 Å². The predicted molar refractivity (Wildman–Crippen MR) is 100 cm³/mol. The lowest BCUT2D eigenvalue weighted by Gasteiger charge is -2.28. The van der Waals surface area contributed by atoms with Crippen molar-refractivity contribution in [3.05, 3.63) is 23.4 Å². The van der Waals surface area contributed by atoms with E-state index in [0.717, 1.165) is 30.6 Å². The third-order valence-electron chi connectivity index (χ3n) is 5.57. The van der Waals surface area contributed by atoms with Crippen LogP contribution in [-0.2, 0) is 19.2 Å². The number of allylic oxidation sites excluding steroid dienone is 2. The number of hydrogen-bond acceptors (Lipinski definition) is 6. The van der Waals surface area contributed by atoms with E-state index in [1.807, 2.05) is 19.1 Å². The summed E-state index contributed by atoms with van der Waals surface area (Å²) in [6.45, 7) is 2.74. The molecule has 3 unspecified atom stereocenters. The highest BCUT2D eigenvalue weighted by Crippen LogP contribution is 2.39. The van der Waals surface area contributed by atoms with Crippen molar-refractivity contribution in [2.75, 3.05) is 13.2 Å². The molecule has 2 heterocycles. The van der Waals surface area contributed by atoms with E-state index >= 15 is 0 Å². The van der Waals surface area contributed by atoms with Crippen molar-refractivity contribution in [2.24, 2.45) is 11.8 Å². The number of aliphatic hydroxyl groups is 1. The lowest BCUT2D eigenvalue weighted by Crippen LogP contribution is -2.54. The SMILES string of the molecule is CC1C=CC(NCCCCCCO)=C2C(=O)N(C3CCC(=O)NC3=O)C(=O)C21. The summed E-state index contributed by atoms with van der Waals surface area (Å²) in [6, 6.07) is -0.928. The second kappa shape index (κ2) is 8.68. The van der Waals surface area contributed by atoms with Gasteiger partial charge in [0.2, 0.25) is 17.7 Å². The molecule has 0 aromatic heterocycles. The maximum absolute atomic E-state index is 13.1. The molecule has 2 aliphatic heterocycles. The third-order valence-corrected chi connectivity index (χ3v) is 5.57. The van der Waals surface area contributed by atoms with E-state index in [0.29, 0.717) is 17.8 Å². The maximum Gasteiger partial charge on any atom is 0.260 e. The van der Waals surface area contributed by atoms with E-state index in [9.17, 15) is 19.2 Å². The van der Waals surface area contributed by atoms with Gasteiger partial charge in [0.15, 0.2) is 0 Å². The minimum atomic E-state index is -0.928. The summed E-state index contributed by atoms with van der Waals surface area (Å²) in [6.07, 6.45) is 7.60. The fourth-order valence-electron chi connectivity index (χ4n) is 4.05. The van der Waals surface area contributed by atoms with Gasteiger partial charge in [-0.1, -0.05) is 25.8 Å². The smallest absolute Gasteiger partial charge is 0.260 e. The summed E-state index contributed by atoms with van der Waals surface area (Å²) in [5.74, 6) is -2.51. The zero-order valence-electron chi connectivity index (χ0n) is 16.1. The molecule has 0 bridgehead atoms. The number of carbonyl (C=O) groups excluding carboxylic acids is 4. The van der Waals surface area contributed by atoms with Gasteiger partial charge in [0, 0.05) is 25.3 Å². The molecule has 3 rings (SSSR count). The van der Waals surface area contributed by atoms with E-state index in [-0.39, 0.29) is 37.2 Å². The van der Waals surface area contributed by atoms with Crippen LogP contribution in [0.2, 0.25) is 0 Å². The molecule has 2 fully saturated rings. The lowest BCUT2D eigenvalue weighted by molar-refractivity contribution is -0.151. The Bertz CT molecular complexity index is 742. The largest absolute Gasteiger partial charge is 0.396 e. The molecule has 3 aliphatic rings. The molecular formula is C20H27N3O5. The number of imide groups is 2. The van der Waals surface area contributed by atoms with Crippen LogP contribution >= 0.6 is 0 Å². The molecule has 0 spiro atoms. The topological polar surface area (TPSA) is 116 Å². The van der Waals surface area contributed by atoms with Crippen LogP contribution in [0, 0.1) is 11.8 Å². The van der Waals surface area contributed by atoms with E-state index in [4.69, 9.17) is 5.11 Å². The first-order valence-corrected chi connectivity index (χ1v) is 9.94.